The van der Waals surface area contributed by atoms with Gasteiger partial charge in [-0.1, -0.05) is 252 Å². The van der Waals surface area contributed by atoms with E-state index in [9.17, 15) is 14.4 Å². The van der Waals surface area contributed by atoms with Crippen molar-refractivity contribution in [2.75, 3.05) is 13.2 Å². The number of carbonyl (C=O) groups excluding carboxylic acids is 3. The zero-order valence-electron chi connectivity index (χ0n) is 49.0. The minimum absolute atomic E-state index is 0.0928. The van der Waals surface area contributed by atoms with E-state index in [1.807, 2.05) is 0 Å². The predicted octanol–water partition coefficient (Wildman–Crippen LogP) is 21.4. The third-order valence-corrected chi connectivity index (χ3v) is 13.2. The monoisotopic (exact) mass is 1040 g/mol. The zero-order valence-corrected chi connectivity index (χ0v) is 49.0. The molecule has 0 radical (unpaired) electrons. The van der Waals surface area contributed by atoms with Crippen LogP contribution in [0.5, 0.6) is 0 Å². The Labute approximate surface area is 463 Å². The summed E-state index contributed by atoms with van der Waals surface area (Å²) in [4.78, 5) is 38.3. The second-order valence-electron chi connectivity index (χ2n) is 20.6. The number of unbranched alkanes of at least 4 members (excludes halogenated alkanes) is 27. The Balaban J connectivity index is 4.47. The second kappa shape index (κ2) is 62.6. The maximum Gasteiger partial charge on any atom is 0.306 e. The number of carbonyl (C=O) groups is 3. The van der Waals surface area contributed by atoms with Gasteiger partial charge in [0.25, 0.3) is 0 Å². The standard InChI is InChI=1S/C69H116O6/c1-4-7-10-13-16-19-22-25-28-31-33-34-36-38-41-44-47-50-53-56-59-62-68(71)74-65-66(64-73-67(70)61-58-55-52-49-46-43-40-37-30-27-24-21-18-15-12-9-6-3)75-69(72)63-60-57-54-51-48-45-42-39-35-32-29-26-23-20-17-14-11-8-5-2/h7,10,16-17,19-20,25-30,33-35,38-39,41,66H,4-6,8-9,11-15,18,21-24,31-32,36-37,40,42-65H2,1-3H3/b10-7-,19-16-,20-17-,28-25-,29-26-,30-27-,34-33-,39-35-,41-38-. The lowest BCUT2D eigenvalue weighted by molar-refractivity contribution is -0.167. The van der Waals surface area contributed by atoms with Gasteiger partial charge in [0, 0.05) is 19.3 Å². The van der Waals surface area contributed by atoms with Crippen molar-refractivity contribution in [3.05, 3.63) is 109 Å². The molecule has 0 bridgehead atoms. The van der Waals surface area contributed by atoms with E-state index in [2.05, 4.69) is 130 Å². The van der Waals surface area contributed by atoms with Gasteiger partial charge in [0.1, 0.15) is 13.2 Å². The van der Waals surface area contributed by atoms with Crippen molar-refractivity contribution in [1.82, 2.24) is 0 Å². The van der Waals surface area contributed by atoms with Gasteiger partial charge in [-0.25, -0.2) is 0 Å². The van der Waals surface area contributed by atoms with Crippen LogP contribution in [0.2, 0.25) is 0 Å². The lowest BCUT2D eigenvalue weighted by Gasteiger charge is -2.18. The van der Waals surface area contributed by atoms with Gasteiger partial charge < -0.3 is 14.2 Å². The van der Waals surface area contributed by atoms with Gasteiger partial charge in [-0.3, -0.25) is 14.4 Å². The van der Waals surface area contributed by atoms with Crippen LogP contribution in [0.1, 0.15) is 290 Å². The normalized spacial score (nSPS) is 12.8. The van der Waals surface area contributed by atoms with Crippen LogP contribution < -0.4 is 0 Å². The molecule has 0 fully saturated rings. The minimum atomic E-state index is -0.799. The number of esters is 3. The van der Waals surface area contributed by atoms with Crippen molar-refractivity contribution in [1.29, 1.82) is 0 Å². The molecule has 75 heavy (non-hydrogen) atoms. The van der Waals surface area contributed by atoms with E-state index < -0.39 is 6.10 Å². The lowest BCUT2D eigenvalue weighted by Crippen LogP contribution is -2.30. The summed E-state index contributed by atoms with van der Waals surface area (Å²) in [7, 11) is 0. The number of hydrogen-bond donors (Lipinski definition) is 0. The molecule has 6 heteroatoms. The first-order valence-electron chi connectivity index (χ1n) is 31.4. The smallest absolute Gasteiger partial charge is 0.306 e. The van der Waals surface area contributed by atoms with Gasteiger partial charge in [-0.2, -0.15) is 0 Å². The third kappa shape index (κ3) is 60.8. The highest BCUT2D eigenvalue weighted by molar-refractivity contribution is 5.71. The van der Waals surface area contributed by atoms with E-state index in [1.165, 1.54) is 116 Å². The zero-order chi connectivity index (χ0) is 54.3. The Morgan fingerprint density at radius 1 is 0.280 bits per heavy atom. The predicted molar refractivity (Wildman–Crippen MR) is 325 cm³/mol. The van der Waals surface area contributed by atoms with E-state index in [0.29, 0.717) is 19.3 Å². The molecule has 0 aliphatic carbocycles. The molecular weight excluding hydrogens is 925 g/mol. The average molecular weight is 1040 g/mol. The van der Waals surface area contributed by atoms with Crippen LogP contribution >= 0.6 is 0 Å². The van der Waals surface area contributed by atoms with Gasteiger partial charge in [-0.15, -0.1) is 0 Å². The highest BCUT2D eigenvalue weighted by Gasteiger charge is 2.19. The van der Waals surface area contributed by atoms with Crippen LogP contribution in [0.15, 0.2) is 109 Å². The molecule has 0 N–H and O–H groups in total. The first-order valence-corrected chi connectivity index (χ1v) is 31.4. The van der Waals surface area contributed by atoms with Crippen molar-refractivity contribution in [2.45, 2.75) is 297 Å². The Bertz CT molecular complexity index is 1520. The molecule has 0 saturated carbocycles. The summed E-state index contributed by atoms with van der Waals surface area (Å²) in [6.45, 7) is 6.48. The van der Waals surface area contributed by atoms with E-state index in [0.717, 1.165) is 135 Å². The summed E-state index contributed by atoms with van der Waals surface area (Å²) >= 11 is 0. The van der Waals surface area contributed by atoms with Crippen molar-refractivity contribution in [2.24, 2.45) is 0 Å². The third-order valence-electron chi connectivity index (χ3n) is 13.2. The minimum Gasteiger partial charge on any atom is -0.462 e. The molecule has 1 atom stereocenters. The Hall–Kier alpha value is -3.93. The Kier molecular flexibility index (Phi) is 59.3. The molecule has 0 aliphatic rings. The Morgan fingerprint density at radius 3 is 0.853 bits per heavy atom. The van der Waals surface area contributed by atoms with Crippen LogP contribution in [-0.2, 0) is 28.6 Å². The maximum absolute atomic E-state index is 12.9. The molecule has 0 spiro atoms. The molecule has 0 aromatic rings. The quantitative estimate of drug-likeness (QED) is 0.0261. The van der Waals surface area contributed by atoms with Crippen LogP contribution in [-0.4, -0.2) is 37.2 Å². The van der Waals surface area contributed by atoms with Crippen LogP contribution in [0.4, 0.5) is 0 Å². The number of hydrogen-bond acceptors (Lipinski definition) is 6. The van der Waals surface area contributed by atoms with Crippen molar-refractivity contribution in [3.8, 4) is 0 Å². The van der Waals surface area contributed by atoms with Crippen LogP contribution in [0, 0.1) is 0 Å². The molecule has 0 amide bonds. The van der Waals surface area contributed by atoms with Gasteiger partial charge in [0.05, 0.1) is 0 Å². The fourth-order valence-electron chi connectivity index (χ4n) is 8.53. The molecular formula is C69H116O6. The summed E-state index contributed by atoms with van der Waals surface area (Å²) in [6.07, 6.45) is 85.0. The molecule has 0 saturated heterocycles. The summed E-state index contributed by atoms with van der Waals surface area (Å²) in [5.41, 5.74) is 0. The summed E-state index contributed by atoms with van der Waals surface area (Å²) in [5.74, 6) is -0.923. The first-order chi connectivity index (χ1) is 37.0. The number of allylic oxidation sites excluding steroid dienone is 18. The first kappa shape index (κ1) is 71.1. The van der Waals surface area contributed by atoms with Gasteiger partial charge in [-0.05, 0) is 128 Å². The molecule has 0 rings (SSSR count). The summed E-state index contributed by atoms with van der Waals surface area (Å²) in [5, 5.41) is 0. The number of ether oxygens (including phenoxy) is 3. The van der Waals surface area contributed by atoms with Gasteiger partial charge in [0.2, 0.25) is 0 Å². The SMILES string of the molecule is CC/C=C\C/C=C\C/C=C\C/C=C\C/C=C\CCCCCCCC(=O)OCC(COC(=O)CCCCCCCCC/C=C\CCCCCCCC)OC(=O)CCCCCCCC/C=C\C/C=C\C/C=C\CCCCC. The molecule has 428 valence electrons. The highest BCUT2D eigenvalue weighted by atomic mass is 16.6. The van der Waals surface area contributed by atoms with E-state index in [1.54, 1.807) is 0 Å². The van der Waals surface area contributed by atoms with E-state index >= 15 is 0 Å². The fraction of sp³-hybridized carbons (Fsp3) is 0.696. The van der Waals surface area contributed by atoms with Crippen LogP contribution in [0.3, 0.4) is 0 Å². The van der Waals surface area contributed by atoms with Gasteiger partial charge >= 0.3 is 17.9 Å². The van der Waals surface area contributed by atoms with Crippen molar-refractivity contribution < 1.29 is 28.6 Å². The molecule has 0 heterocycles. The summed E-state index contributed by atoms with van der Waals surface area (Å²) < 4.78 is 16.9. The maximum atomic E-state index is 12.9. The lowest BCUT2D eigenvalue weighted by atomic mass is 10.1. The van der Waals surface area contributed by atoms with Gasteiger partial charge in [0.15, 0.2) is 6.10 Å². The largest absolute Gasteiger partial charge is 0.462 e. The summed E-state index contributed by atoms with van der Waals surface area (Å²) in [6, 6.07) is 0. The molecule has 1 unspecified atom stereocenters. The number of rotatable bonds is 56. The van der Waals surface area contributed by atoms with E-state index in [4.69, 9.17) is 14.2 Å². The fourth-order valence-corrected chi connectivity index (χ4v) is 8.53. The van der Waals surface area contributed by atoms with Crippen LogP contribution in [0.25, 0.3) is 0 Å². The Morgan fingerprint density at radius 2 is 0.520 bits per heavy atom. The molecule has 0 aromatic heterocycles. The highest BCUT2D eigenvalue weighted by Crippen LogP contribution is 2.15. The molecule has 6 nitrogen and oxygen atoms in total. The average Bonchev–Trinajstić information content (AvgIpc) is 3.41. The van der Waals surface area contributed by atoms with Crippen molar-refractivity contribution in [3.63, 3.8) is 0 Å². The topological polar surface area (TPSA) is 78.9 Å². The molecule has 0 aromatic carbocycles. The van der Waals surface area contributed by atoms with Crippen molar-refractivity contribution >= 4 is 17.9 Å². The van der Waals surface area contributed by atoms with E-state index in [-0.39, 0.29) is 31.1 Å². The second-order valence-corrected chi connectivity index (χ2v) is 20.6. The molecule has 0 aliphatic heterocycles.